The Hall–Kier alpha value is -1.62. The number of hydrogen-bond donors (Lipinski definition) is 2. The molecular formula is C12H13ClN2O4S. The predicted octanol–water partition coefficient (Wildman–Crippen LogP) is 1.74. The molecule has 108 valence electrons. The average molecular weight is 317 g/mol. The summed E-state index contributed by atoms with van der Waals surface area (Å²) in [5.74, 6) is -1.27. The van der Waals surface area contributed by atoms with Crippen molar-refractivity contribution in [2.24, 2.45) is 0 Å². The number of nitriles is 1. The molecule has 8 heteroatoms. The maximum Gasteiger partial charge on any atom is 0.321 e. The number of carbonyl (C=O) groups is 1. The first-order chi connectivity index (χ1) is 9.31. The number of benzene rings is 1. The molecule has 2 N–H and O–H groups in total. The molecule has 0 spiro atoms. The van der Waals surface area contributed by atoms with Crippen LogP contribution in [0, 0.1) is 11.3 Å². The number of carboxylic acids is 1. The molecule has 0 radical (unpaired) electrons. The van der Waals surface area contributed by atoms with E-state index >= 15 is 0 Å². The van der Waals surface area contributed by atoms with Crippen molar-refractivity contribution in [3.05, 3.63) is 28.8 Å². The van der Waals surface area contributed by atoms with Crippen LogP contribution in [0.3, 0.4) is 0 Å². The van der Waals surface area contributed by atoms with Crippen molar-refractivity contribution in [3.63, 3.8) is 0 Å². The van der Waals surface area contributed by atoms with Gasteiger partial charge in [0.05, 0.1) is 5.56 Å². The smallest absolute Gasteiger partial charge is 0.321 e. The van der Waals surface area contributed by atoms with Crippen LogP contribution in [-0.2, 0) is 14.8 Å². The zero-order valence-corrected chi connectivity index (χ0v) is 12.2. The number of halogens is 1. The molecule has 0 aromatic heterocycles. The van der Waals surface area contributed by atoms with Gasteiger partial charge in [0.25, 0.3) is 0 Å². The summed E-state index contributed by atoms with van der Waals surface area (Å²) in [5, 5.41) is 18.0. The summed E-state index contributed by atoms with van der Waals surface area (Å²) in [7, 11) is -4.13. The van der Waals surface area contributed by atoms with Gasteiger partial charge in [-0.3, -0.25) is 4.79 Å². The Bertz CT molecular complexity index is 652. The first kappa shape index (κ1) is 16.4. The maximum atomic E-state index is 12.2. The summed E-state index contributed by atoms with van der Waals surface area (Å²) in [6, 6.07) is 4.28. The zero-order valence-electron chi connectivity index (χ0n) is 10.6. The van der Waals surface area contributed by atoms with Crippen LogP contribution in [0.4, 0.5) is 0 Å². The molecule has 0 heterocycles. The summed E-state index contributed by atoms with van der Waals surface area (Å²) < 4.78 is 26.4. The number of carboxylic acid groups (broad SMARTS) is 1. The van der Waals surface area contributed by atoms with Gasteiger partial charge in [0.1, 0.15) is 17.0 Å². The minimum Gasteiger partial charge on any atom is -0.480 e. The molecule has 20 heavy (non-hydrogen) atoms. The van der Waals surface area contributed by atoms with Gasteiger partial charge in [-0.2, -0.15) is 9.98 Å². The van der Waals surface area contributed by atoms with Crippen molar-refractivity contribution < 1.29 is 18.3 Å². The second-order valence-corrected chi connectivity index (χ2v) is 6.17. The third-order valence-electron chi connectivity index (χ3n) is 2.53. The SMILES string of the molecule is CCC[C@H](NS(=O)(=O)c1cc(Cl)ccc1C#N)C(=O)O. The van der Waals surface area contributed by atoms with Crippen molar-refractivity contribution >= 4 is 27.6 Å². The van der Waals surface area contributed by atoms with Gasteiger partial charge in [0.15, 0.2) is 0 Å². The molecule has 0 fully saturated rings. The molecule has 0 aliphatic carbocycles. The van der Waals surface area contributed by atoms with Crippen LogP contribution in [0.5, 0.6) is 0 Å². The van der Waals surface area contributed by atoms with Crippen LogP contribution in [0.1, 0.15) is 25.3 Å². The first-order valence-electron chi connectivity index (χ1n) is 5.76. The molecule has 1 atom stereocenters. The maximum absolute atomic E-state index is 12.2. The zero-order chi connectivity index (χ0) is 15.3. The summed E-state index contributed by atoms with van der Waals surface area (Å²) >= 11 is 5.72. The summed E-state index contributed by atoms with van der Waals surface area (Å²) in [6.07, 6.45) is 0.650. The molecule has 0 unspecified atom stereocenters. The Labute approximate surface area is 122 Å². The van der Waals surface area contributed by atoms with E-state index in [2.05, 4.69) is 4.72 Å². The Morgan fingerprint density at radius 1 is 1.55 bits per heavy atom. The molecule has 0 saturated heterocycles. The van der Waals surface area contributed by atoms with Crippen molar-refractivity contribution in [1.29, 1.82) is 5.26 Å². The van der Waals surface area contributed by atoms with Gasteiger partial charge in [-0.05, 0) is 24.6 Å². The molecule has 1 rings (SSSR count). The highest BCUT2D eigenvalue weighted by atomic mass is 35.5. The molecule has 0 saturated carbocycles. The minimum atomic E-state index is -4.13. The molecule has 0 aliphatic heterocycles. The Morgan fingerprint density at radius 2 is 2.20 bits per heavy atom. The van der Waals surface area contributed by atoms with Gasteiger partial charge < -0.3 is 5.11 Å². The van der Waals surface area contributed by atoms with E-state index in [4.69, 9.17) is 22.0 Å². The lowest BCUT2D eigenvalue weighted by atomic mass is 10.2. The molecule has 1 aromatic carbocycles. The summed E-state index contributed by atoms with van der Waals surface area (Å²) in [4.78, 5) is 10.7. The highest BCUT2D eigenvalue weighted by Crippen LogP contribution is 2.20. The quantitative estimate of drug-likeness (QED) is 0.831. The minimum absolute atomic E-state index is 0.0949. The topological polar surface area (TPSA) is 107 Å². The number of rotatable bonds is 6. The Balaban J connectivity index is 3.20. The third-order valence-corrected chi connectivity index (χ3v) is 4.27. The standard InChI is InChI=1S/C12H13ClN2O4S/c1-2-3-10(12(16)17)15-20(18,19)11-6-9(13)5-4-8(11)7-14/h4-6,10,15H,2-3H2,1H3,(H,16,17)/t10-/m0/s1. The average Bonchev–Trinajstić information content (AvgIpc) is 2.38. The molecule has 1 aromatic rings. The Kier molecular flexibility index (Phi) is 5.51. The summed E-state index contributed by atoms with van der Waals surface area (Å²) in [6.45, 7) is 1.74. The second-order valence-electron chi connectivity index (χ2n) is 4.05. The molecule has 0 amide bonds. The van der Waals surface area contributed by atoms with E-state index in [0.29, 0.717) is 6.42 Å². The number of hydrogen-bond acceptors (Lipinski definition) is 4. The van der Waals surface area contributed by atoms with Crippen LogP contribution in [0.25, 0.3) is 0 Å². The fourth-order valence-corrected chi connectivity index (χ4v) is 3.23. The molecule has 6 nitrogen and oxygen atoms in total. The van der Waals surface area contributed by atoms with E-state index in [1.807, 2.05) is 0 Å². The Morgan fingerprint density at radius 3 is 2.70 bits per heavy atom. The lowest BCUT2D eigenvalue weighted by Crippen LogP contribution is -2.40. The van der Waals surface area contributed by atoms with Crippen LogP contribution in [-0.4, -0.2) is 25.5 Å². The monoisotopic (exact) mass is 316 g/mol. The van der Waals surface area contributed by atoms with Gasteiger partial charge in [-0.1, -0.05) is 24.9 Å². The fourth-order valence-electron chi connectivity index (χ4n) is 1.58. The van der Waals surface area contributed by atoms with E-state index in [-0.39, 0.29) is 21.9 Å². The van der Waals surface area contributed by atoms with Gasteiger partial charge in [0.2, 0.25) is 10.0 Å². The second kappa shape index (κ2) is 6.70. The lowest BCUT2D eigenvalue weighted by molar-refractivity contribution is -0.139. The van der Waals surface area contributed by atoms with Crippen LogP contribution >= 0.6 is 11.6 Å². The summed E-state index contributed by atoms with van der Waals surface area (Å²) in [5.41, 5.74) is -0.0949. The number of nitrogens with one attached hydrogen (secondary N) is 1. The van der Waals surface area contributed by atoms with Gasteiger partial charge >= 0.3 is 5.97 Å². The largest absolute Gasteiger partial charge is 0.480 e. The normalized spacial score (nSPS) is 12.7. The van der Waals surface area contributed by atoms with E-state index in [1.165, 1.54) is 12.1 Å². The number of sulfonamides is 1. The lowest BCUT2D eigenvalue weighted by Gasteiger charge is -2.14. The van der Waals surface area contributed by atoms with E-state index < -0.39 is 22.0 Å². The number of aliphatic carboxylic acids is 1. The third kappa shape index (κ3) is 3.93. The van der Waals surface area contributed by atoms with Gasteiger partial charge in [-0.15, -0.1) is 0 Å². The molecular weight excluding hydrogens is 304 g/mol. The van der Waals surface area contributed by atoms with Gasteiger partial charge in [-0.25, -0.2) is 8.42 Å². The molecule has 0 bridgehead atoms. The number of nitrogens with zero attached hydrogens (tertiary/aromatic N) is 1. The van der Waals surface area contributed by atoms with Crippen molar-refractivity contribution in [2.75, 3.05) is 0 Å². The highest BCUT2D eigenvalue weighted by Gasteiger charge is 2.26. The fraction of sp³-hybridized carbons (Fsp3) is 0.333. The van der Waals surface area contributed by atoms with E-state index in [0.717, 1.165) is 6.07 Å². The highest BCUT2D eigenvalue weighted by molar-refractivity contribution is 7.89. The van der Waals surface area contributed by atoms with Crippen molar-refractivity contribution in [1.82, 2.24) is 4.72 Å². The van der Waals surface area contributed by atoms with Gasteiger partial charge in [0, 0.05) is 5.02 Å². The van der Waals surface area contributed by atoms with E-state index in [9.17, 15) is 13.2 Å². The van der Waals surface area contributed by atoms with Crippen LogP contribution < -0.4 is 4.72 Å². The van der Waals surface area contributed by atoms with Crippen LogP contribution in [0.2, 0.25) is 5.02 Å². The van der Waals surface area contributed by atoms with Crippen molar-refractivity contribution in [2.45, 2.75) is 30.7 Å². The predicted molar refractivity (Wildman–Crippen MR) is 72.8 cm³/mol. The molecule has 0 aliphatic rings. The van der Waals surface area contributed by atoms with Crippen molar-refractivity contribution in [3.8, 4) is 6.07 Å². The van der Waals surface area contributed by atoms with E-state index in [1.54, 1.807) is 13.0 Å². The van der Waals surface area contributed by atoms with Crippen LogP contribution in [0.15, 0.2) is 23.1 Å². The first-order valence-corrected chi connectivity index (χ1v) is 7.62.